The lowest BCUT2D eigenvalue weighted by Gasteiger charge is -2.29. The number of amides is 2. The Hall–Kier alpha value is -3.14. The monoisotopic (exact) mass is 351 g/mol. The van der Waals surface area contributed by atoms with Crippen molar-refractivity contribution in [3.05, 3.63) is 52.8 Å². The zero-order valence-electron chi connectivity index (χ0n) is 14.9. The number of hydrogen-bond donors (Lipinski definition) is 1. The second-order valence-corrected chi connectivity index (χ2v) is 6.64. The predicted octanol–water partition coefficient (Wildman–Crippen LogP) is 1.68. The SMILES string of the molecule is CC(C)C(=O)N1CCn2nc(CNC(=O)c3ccc(C#N)cc3)cc2C1. The van der Waals surface area contributed by atoms with Crippen molar-refractivity contribution in [1.29, 1.82) is 5.26 Å². The molecule has 26 heavy (non-hydrogen) atoms. The summed E-state index contributed by atoms with van der Waals surface area (Å²) in [5, 5.41) is 16.1. The van der Waals surface area contributed by atoms with E-state index in [9.17, 15) is 9.59 Å². The molecule has 1 aliphatic heterocycles. The molecule has 0 atom stereocenters. The molecule has 0 radical (unpaired) electrons. The fourth-order valence-corrected chi connectivity index (χ4v) is 2.93. The van der Waals surface area contributed by atoms with E-state index in [1.165, 1.54) is 0 Å². The van der Waals surface area contributed by atoms with Crippen LogP contribution in [0.25, 0.3) is 0 Å². The van der Waals surface area contributed by atoms with Gasteiger partial charge in [0.25, 0.3) is 5.91 Å². The van der Waals surface area contributed by atoms with Gasteiger partial charge in [-0.1, -0.05) is 13.8 Å². The second-order valence-electron chi connectivity index (χ2n) is 6.64. The van der Waals surface area contributed by atoms with Crippen LogP contribution in [0.2, 0.25) is 0 Å². The van der Waals surface area contributed by atoms with Crippen molar-refractivity contribution in [2.24, 2.45) is 5.92 Å². The standard InChI is InChI=1S/C19H21N5O2/c1-13(2)19(26)23-7-8-24-17(12-23)9-16(22-24)11-21-18(25)15-5-3-14(10-20)4-6-15/h3-6,9,13H,7-8,11-12H2,1-2H3,(H,21,25). The number of carbonyl (C=O) groups excluding carboxylic acids is 2. The number of nitrogens with one attached hydrogen (secondary N) is 1. The van der Waals surface area contributed by atoms with Crippen LogP contribution in [-0.4, -0.2) is 33.0 Å². The molecule has 2 amide bonds. The van der Waals surface area contributed by atoms with Crippen molar-refractivity contribution in [1.82, 2.24) is 20.0 Å². The Kier molecular flexibility index (Phi) is 5.03. The van der Waals surface area contributed by atoms with Crippen LogP contribution in [-0.2, 0) is 24.4 Å². The lowest BCUT2D eigenvalue weighted by Crippen LogP contribution is -2.40. The highest BCUT2D eigenvalue weighted by atomic mass is 16.2. The average Bonchev–Trinajstić information content (AvgIpc) is 3.07. The van der Waals surface area contributed by atoms with Gasteiger partial charge in [-0.2, -0.15) is 10.4 Å². The number of nitrogens with zero attached hydrogens (tertiary/aromatic N) is 4. The molecule has 3 rings (SSSR count). The molecule has 0 unspecified atom stereocenters. The first kappa shape index (κ1) is 17.7. The molecular weight excluding hydrogens is 330 g/mol. The van der Waals surface area contributed by atoms with Gasteiger partial charge in [0.05, 0.1) is 42.7 Å². The van der Waals surface area contributed by atoms with E-state index >= 15 is 0 Å². The number of benzene rings is 1. The van der Waals surface area contributed by atoms with Gasteiger partial charge in [-0.25, -0.2) is 0 Å². The minimum Gasteiger partial charge on any atom is -0.346 e. The Morgan fingerprint density at radius 2 is 2.00 bits per heavy atom. The van der Waals surface area contributed by atoms with Crippen molar-refractivity contribution < 1.29 is 9.59 Å². The minimum absolute atomic E-state index is 0.0179. The van der Waals surface area contributed by atoms with Crippen LogP contribution < -0.4 is 5.32 Å². The summed E-state index contributed by atoms with van der Waals surface area (Å²) in [6.07, 6.45) is 0. The number of nitriles is 1. The van der Waals surface area contributed by atoms with E-state index in [4.69, 9.17) is 5.26 Å². The highest BCUT2D eigenvalue weighted by molar-refractivity contribution is 5.94. The van der Waals surface area contributed by atoms with Crippen LogP contribution in [0.4, 0.5) is 0 Å². The van der Waals surface area contributed by atoms with Crippen LogP contribution in [0.5, 0.6) is 0 Å². The maximum Gasteiger partial charge on any atom is 0.251 e. The fraction of sp³-hybridized carbons (Fsp3) is 0.368. The van der Waals surface area contributed by atoms with E-state index < -0.39 is 0 Å². The van der Waals surface area contributed by atoms with Gasteiger partial charge < -0.3 is 10.2 Å². The third-order valence-electron chi connectivity index (χ3n) is 4.36. The second kappa shape index (κ2) is 7.40. The highest BCUT2D eigenvalue weighted by Crippen LogP contribution is 2.16. The fourth-order valence-electron chi connectivity index (χ4n) is 2.93. The first-order chi connectivity index (χ1) is 12.5. The van der Waals surface area contributed by atoms with E-state index in [2.05, 4.69) is 10.4 Å². The van der Waals surface area contributed by atoms with Gasteiger partial charge >= 0.3 is 0 Å². The molecule has 0 saturated heterocycles. The molecule has 1 aliphatic rings. The molecule has 2 heterocycles. The number of hydrogen-bond acceptors (Lipinski definition) is 4. The Morgan fingerprint density at radius 3 is 2.65 bits per heavy atom. The van der Waals surface area contributed by atoms with Crippen LogP contribution in [0.1, 0.15) is 41.2 Å². The Morgan fingerprint density at radius 1 is 1.27 bits per heavy atom. The molecule has 1 aromatic heterocycles. The molecule has 134 valence electrons. The lowest BCUT2D eigenvalue weighted by atomic mass is 10.1. The zero-order valence-corrected chi connectivity index (χ0v) is 14.9. The van der Waals surface area contributed by atoms with Crippen LogP contribution in [0.3, 0.4) is 0 Å². The summed E-state index contributed by atoms with van der Waals surface area (Å²) in [6, 6.07) is 10.4. The van der Waals surface area contributed by atoms with Crippen molar-refractivity contribution in [3.8, 4) is 6.07 Å². The number of aromatic nitrogens is 2. The molecule has 2 aromatic rings. The zero-order chi connectivity index (χ0) is 18.7. The van der Waals surface area contributed by atoms with Gasteiger partial charge in [-0.05, 0) is 30.3 Å². The summed E-state index contributed by atoms with van der Waals surface area (Å²) in [4.78, 5) is 26.2. The molecular formula is C19H21N5O2. The van der Waals surface area contributed by atoms with E-state index in [0.29, 0.717) is 37.3 Å². The average molecular weight is 351 g/mol. The smallest absolute Gasteiger partial charge is 0.251 e. The van der Waals surface area contributed by atoms with E-state index in [-0.39, 0.29) is 17.7 Å². The Labute approximate surface area is 152 Å². The number of rotatable bonds is 4. The van der Waals surface area contributed by atoms with Crippen molar-refractivity contribution in [2.45, 2.75) is 33.5 Å². The maximum atomic E-state index is 12.2. The van der Waals surface area contributed by atoms with Gasteiger partial charge in [-0.15, -0.1) is 0 Å². The van der Waals surface area contributed by atoms with Gasteiger partial charge in [0.2, 0.25) is 5.91 Å². The Balaban J connectivity index is 1.61. The van der Waals surface area contributed by atoms with Gasteiger partial charge in [0.1, 0.15) is 0 Å². The maximum absolute atomic E-state index is 12.2. The van der Waals surface area contributed by atoms with Gasteiger partial charge in [-0.3, -0.25) is 14.3 Å². The number of carbonyl (C=O) groups is 2. The molecule has 7 heteroatoms. The van der Waals surface area contributed by atoms with Gasteiger partial charge in [0.15, 0.2) is 0 Å². The molecule has 0 aliphatic carbocycles. The first-order valence-corrected chi connectivity index (χ1v) is 8.60. The molecule has 0 fully saturated rings. The van der Waals surface area contributed by atoms with E-state index in [1.807, 2.05) is 35.6 Å². The summed E-state index contributed by atoms with van der Waals surface area (Å²) in [5.74, 6) is -0.0826. The summed E-state index contributed by atoms with van der Waals surface area (Å²) in [6.45, 7) is 5.99. The summed E-state index contributed by atoms with van der Waals surface area (Å²) < 4.78 is 1.90. The predicted molar refractivity (Wildman–Crippen MR) is 94.8 cm³/mol. The van der Waals surface area contributed by atoms with Crippen LogP contribution in [0.15, 0.2) is 30.3 Å². The molecule has 1 aromatic carbocycles. The van der Waals surface area contributed by atoms with Crippen molar-refractivity contribution >= 4 is 11.8 Å². The molecule has 7 nitrogen and oxygen atoms in total. The topological polar surface area (TPSA) is 91.0 Å². The molecule has 0 spiro atoms. The lowest BCUT2D eigenvalue weighted by molar-refractivity contribution is -0.136. The molecule has 0 bridgehead atoms. The number of fused-ring (bicyclic) bond motifs is 1. The quantitative estimate of drug-likeness (QED) is 0.907. The Bertz CT molecular complexity index is 861. The van der Waals surface area contributed by atoms with Crippen LogP contribution in [0, 0.1) is 17.2 Å². The summed E-state index contributed by atoms with van der Waals surface area (Å²) in [7, 11) is 0. The van der Waals surface area contributed by atoms with Crippen LogP contribution >= 0.6 is 0 Å². The summed E-state index contributed by atoms with van der Waals surface area (Å²) in [5.41, 5.74) is 2.76. The molecule has 0 saturated carbocycles. The van der Waals surface area contributed by atoms with Gasteiger partial charge in [0, 0.05) is 18.0 Å². The normalized spacial score (nSPS) is 13.2. The van der Waals surface area contributed by atoms with E-state index in [0.717, 1.165) is 11.4 Å². The van der Waals surface area contributed by atoms with E-state index in [1.54, 1.807) is 24.3 Å². The third-order valence-corrected chi connectivity index (χ3v) is 4.36. The molecule has 1 N–H and O–H groups in total. The third kappa shape index (κ3) is 3.75. The first-order valence-electron chi connectivity index (χ1n) is 8.60. The van der Waals surface area contributed by atoms with Crippen molar-refractivity contribution in [3.63, 3.8) is 0 Å². The van der Waals surface area contributed by atoms with Crippen molar-refractivity contribution in [2.75, 3.05) is 6.54 Å². The minimum atomic E-state index is -0.211. The summed E-state index contributed by atoms with van der Waals surface area (Å²) >= 11 is 0. The largest absolute Gasteiger partial charge is 0.346 e. The highest BCUT2D eigenvalue weighted by Gasteiger charge is 2.23.